The van der Waals surface area contributed by atoms with Gasteiger partial charge in [0.2, 0.25) is 0 Å². The number of rotatable bonds is 2. The van der Waals surface area contributed by atoms with Gasteiger partial charge in [-0.3, -0.25) is 0 Å². The Labute approximate surface area is 116 Å². The van der Waals surface area contributed by atoms with Crippen molar-refractivity contribution in [3.63, 3.8) is 0 Å². The zero-order chi connectivity index (χ0) is 13.4. The lowest BCUT2D eigenvalue weighted by molar-refractivity contribution is 0.628. The number of likely N-dealkylation sites (N-methyl/N-ethyl adjacent to an activating group) is 1. The van der Waals surface area contributed by atoms with Crippen molar-refractivity contribution in [3.8, 4) is 0 Å². The Balaban J connectivity index is 1.86. The molecule has 4 heteroatoms. The topological polar surface area (TPSA) is 15.3 Å². The second-order valence-electron chi connectivity index (χ2n) is 4.77. The van der Waals surface area contributed by atoms with E-state index in [1.54, 1.807) is 12.1 Å². The predicted molar refractivity (Wildman–Crippen MR) is 78.1 cm³/mol. The van der Waals surface area contributed by atoms with E-state index >= 15 is 0 Å². The average molecular weight is 277 g/mol. The van der Waals surface area contributed by atoms with Crippen LogP contribution in [0.2, 0.25) is 5.02 Å². The van der Waals surface area contributed by atoms with Crippen molar-refractivity contribution in [2.75, 3.05) is 23.8 Å². The van der Waals surface area contributed by atoms with Crippen LogP contribution in [-0.4, -0.2) is 13.6 Å². The Morgan fingerprint density at radius 1 is 1.16 bits per heavy atom. The molecule has 0 spiro atoms. The number of nitrogens with zero attached hydrogens (tertiary/aromatic N) is 1. The van der Waals surface area contributed by atoms with Crippen LogP contribution in [0.25, 0.3) is 0 Å². The van der Waals surface area contributed by atoms with Gasteiger partial charge < -0.3 is 10.2 Å². The summed E-state index contributed by atoms with van der Waals surface area (Å²) in [5.41, 5.74) is 4.40. The average Bonchev–Trinajstić information content (AvgIpc) is 2.75. The second kappa shape index (κ2) is 4.74. The summed E-state index contributed by atoms with van der Waals surface area (Å²) in [6.07, 6.45) is 1.06. The van der Waals surface area contributed by atoms with E-state index in [9.17, 15) is 4.39 Å². The Kier molecular flexibility index (Phi) is 3.07. The van der Waals surface area contributed by atoms with E-state index in [0.717, 1.165) is 24.3 Å². The van der Waals surface area contributed by atoms with Crippen LogP contribution in [-0.2, 0) is 6.42 Å². The van der Waals surface area contributed by atoms with Gasteiger partial charge >= 0.3 is 0 Å². The van der Waals surface area contributed by atoms with E-state index < -0.39 is 5.82 Å². The number of anilines is 3. The molecule has 2 nitrogen and oxygen atoms in total. The summed E-state index contributed by atoms with van der Waals surface area (Å²) in [4.78, 5) is 2.24. The summed E-state index contributed by atoms with van der Waals surface area (Å²) in [6.45, 7) is 1.06. The molecule has 0 atom stereocenters. The molecule has 0 amide bonds. The van der Waals surface area contributed by atoms with E-state index in [1.807, 2.05) is 6.07 Å². The number of halogens is 2. The minimum Gasteiger partial charge on any atom is -0.374 e. The molecule has 1 heterocycles. The molecule has 2 aromatic carbocycles. The molecule has 0 aromatic heterocycles. The normalized spacial score (nSPS) is 13.5. The van der Waals surface area contributed by atoms with Crippen LogP contribution in [0.5, 0.6) is 0 Å². The molecule has 3 rings (SSSR count). The molecule has 98 valence electrons. The number of hydrogen-bond acceptors (Lipinski definition) is 2. The van der Waals surface area contributed by atoms with Gasteiger partial charge in [0.05, 0.1) is 5.02 Å². The monoisotopic (exact) mass is 276 g/mol. The summed E-state index contributed by atoms with van der Waals surface area (Å²) in [7, 11) is 2.10. The van der Waals surface area contributed by atoms with Crippen molar-refractivity contribution in [2.45, 2.75) is 6.42 Å². The molecule has 1 aliphatic heterocycles. The SMILES string of the molecule is CN1CCc2cc(Nc3ccc(F)c(Cl)c3)ccc21. The Bertz CT molecular complexity index is 628. The lowest BCUT2D eigenvalue weighted by Gasteiger charge is -2.13. The highest BCUT2D eigenvalue weighted by molar-refractivity contribution is 6.31. The first-order chi connectivity index (χ1) is 9.13. The molecule has 19 heavy (non-hydrogen) atoms. The molecule has 2 aromatic rings. The first-order valence-electron chi connectivity index (χ1n) is 6.19. The smallest absolute Gasteiger partial charge is 0.141 e. The van der Waals surface area contributed by atoms with E-state index in [4.69, 9.17) is 11.6 Å². The quantitative estimate of drug-likeness (QED) is 0.884. The van der Waals surface area contributed by atoms with E-state index in [2.05, 4.69) is 29.4 Å². The van der Waals surface area contributed by atoms with Crippen LogP contribution in [0.15, 0.2) is 36.4 Å². The summed E-state index contributed by atoms with van der Waals surface area (Å²) in [5.74, 6) is -0.400. The van der Waals surface area contributed by atoms with Gasteiger partial charge in [-0.2, -0.15) is 0 Å². The van der Waals surface area contributed by atoms with Crippen LogP contribution in [0.3, 0.4) is 0 Å². The minimum absolute atomic E-state index is 0.130. The zero-order valence-electron chi connectivity index (χ0n) is 10.6. The lowest BCUT2D eigenvalue weighted by Crippen LogP contribution is -2.12. The fourth-order valence-corrected chi connectivity index (χ4v) is 2.57. The van der Waals surface area contributed by atoms with E-state index in [0.29, 0.717) is 0 Å². The molecule has 0 saturated heterocycles. The Morgan fingerprint density at radius 2 is 1.89 bits per heavy atom. The maximum absolute atomic E-state index is 13.1. The van der Waals surface area contributed by atoms with Gasteiger partial charge in [0.15, 0.2) is 0 Å². The molecule has 0 radical (unpaired) electrons. The second-order valence-corrected chi connectivity index (χ2v) is 5.18. The summed E-state index contributed by atoms with van der Waals surface area (Å²) >= 11 is 5.77. The first-order valence-corrected chi connectivity index (χ1v) is 6.57. The number of benzene rings is 2. The third-order valence-electron chi connectivity index (χ3n) is 3.42. The van der Waals surface area contributed by atoms with Crippen molar-refractivity contribution in [1.82, 2.24) is 0 Å². The highest BCUT2D eigenvalue weighted by atomic mass is 35.5. The summed E-state index contributed by atoms with van der Waals surface area (Å²) in [6, 6.07) is 10.9. The number of nitrogens with one attached hydrogen (secondary N) is 1. The molecule has 1 N–H and O–H groups in total. The lowest BCUT2D eigenvalue weighted by atomic mass is 10.1. The van der Waals surface area contributed by atoms with Gasteiger partial charge in [-0.25, -0.2) is 4.39 Å². The summed E-state index contributed by atoms with van der Waals surface area (Å²) < 4.78 is 13.1. The minimum atomic E-state index is -0.400. The fraction of sp³-hybridized carbons (Fsp3) is 0.200. The van der Waals surface area contributed by atoms with Crippen molar-refractivity contribution in [2.24, 2.45) is 0 Å². The van der Waals surface area contributed by atoms with Gasteiger partial charge in [-0.15, -0.1) is 0 Å². The van der Waals surface area contributed by atoms with Crippen LogP contribution in [0, 0.1) is 5.82 Å². The van der Waals surface area contributed by atoms with Crippen LogP contribution < -0.4 is 10.2 Å². The maximum atomic E-state index is 13.1. The van der Waals surface area contributed by atoms with Crippen molar-refractivity contribution in [1.29, 1.82) is 0 Å². The number of hydrogen-bond donors (Lipinski definition) is 1. The zero-order valence-corrected chi connectivity index (χ0v) is 11.3. The highest BCUT2D eigenvalue weighted by Crippen LogP contribution is 2.30. The third-order valence-corrected chi connectivity index (χ3v) is 3.71. The van der Waals surface area contributed by atoms with Crippen molar-refractivity contribution >= 4 is 28.7 Å². The molecule has 0 fully saturated rings. The van der Waals surface area contributed by atoms with E-state index in [1.165, 1.54) is 17.3 Å². The Morgan fingerprint density at radius 3 is 2.68 bits per heavy atom. The highest BCUT2D eigenvalue weighted by Gasteiger charge is 2.15. The molecule has 0 aliphatic carbocycles. The Hall–Kier alpha value is -1.74. The first kappa shape index (κ1) is 12.3. The summed E-state index contributed by atoms with van der Waals surface area (Å²) in [5, 5.41) is 3.38. The van der Waals surface area contributed by atoms with Crippen LogP contribution >= 0.6 is 11.6 Å². The van der Waals surface area contributed by atoms with E-state index in [-0.39, 0.29) is 5.02 Å². The standard InChI is InChI=1S/C15H14ClFN2/c1-19-7-6-10-8-11(3-5-15(10)19)18-12-2-4-14(17)13(16)9-12/h2-5,8-9,18H,6-7H2,1H3. The predicted octanol–water partition coefficient (Wildman–Crippen LogP) is 4.22. The van der Waals surface area contributed by atoms with Gasteiger partial charge in [-0.1, -0.05) is 11.6 Å². The van der Waals surface area contributed by atoms with Crippen LogP contribution in [0.1, 0.15) is 5.56 Å². The van der Waals surface area contributed by atoms with Crippen molar-refractivity contribution in [3.05, 3.63) is 52.8 Å². The molecule has 1 aliphatic rings. The number of fused-ring (bicyclic) bond motifs is 1. The molecule has 0 unspecified atom stereocenters. The molecular formula is C15H14ClFN2. The van der Waals surface area contributed by atoms with Gasteiger partial charge in [0.25, 0.3) is 0 Å². The molecular weight excluding hydrogens is 263 g/mol. The maximum Gasteiger partial charge on any atom is 0.141 e. The van der Waals surface area contributed by atoms with Gasteiger partial charge in [0.1, 0.15) is 5.82 Å². The van der Waals surface area contributed by atoms with Gasteiger partial charge in [-0.05, 0) is 48.4 Å². The molecule has 0 saturated carbocycles. The largest absolute Gasteiger partial charge is 0.374 e. The molecule has 0 bridgehead atoms. The third kappa shape index (κ3) is 2.38. The van der Waals surface area contributed by atoms with Gasteiger partial charge in [0, 0.05) is 30.7 Å². The van der Waals surface area contributed by atoms with Crippen molar-refractivity contribution < 1.29 is 4.39 Å². The van der Waals surface area contributed by atoms with Crippen LogP contribution in [0.4, 0.5) is 21.5 Å². The fourth-order valence-electron chi connectivity index (χ4n) is 2.39.